The van der Waals surface area contributed by atoms with Crippen LogP contribution < -0.4 is 0 Å². The molecule has 3 rings (SSSR count). The molecule has 0 saturated carbocycles. The van der Waals surface area contributed by atoms with Gasteiger partial charge in [0.1, 0.15) is 5.58 Å². The van der Waals surface area contributed by atoms with Crippen molar-refractivity contribution in [1.29, 1.82) is 0 Å². The minimum Gasteiger partial charge on any atom is -0.464 e. The van der Waals surface area contributed by atoms with Crippen LogP contribution in [0.4, 0.5) is 0 Å². The van der Waals surface area contributed by atoms with E-state index < -0.39 is 0 Å². The maximum Gasteiger partial charge on any atom is 0.137 e. The van der Waals surface area contributed by atoms with Crippen LogP contribution in [0.15, 0.2) is 47.3 Å². The van der Waals surface area contributed by atoms with Crippen LogP contribution in [0, 0.1) is 0 Å². The highest BCUT2D eigenvalue weighted by Gasteiger charge is 2.00. The number of aromatic nitrogens is 1. The van der Waals surface area contributed by atoms with E-state index in [4.69, 9.17) is 4.42 Å². The molecule has 12 heavy (non-hydrogen) atoms. The third kappa shape index (κ3) is 0.593. The lowest BCUT2D eigenvalue weighted by Gasteiger charge is -1.93. The topological polar surface area (TPSA) is 17.6 Å². The Hall–Kier alpha value is -1.70. The number of hydrogen-bond donors (Lipinski definition) is 0. The lowest BCUT2D eigenvalue weighted by molar-refractivity contribution is 0.615. The second kappa shape index (κ2) is 1.91. The van der Waals surface area contributed by atoms with Crippen molar-refractivity contribution in [2.24, 2.45) is 0 Å². The van der Waals surface area contributed by atoms with E-state index in [1.54, 1.807) is 6.26 Å². The van der Waals surface area contributed by atoms with Gasteiger partial charge in [-0.1, -0.05) is 0 Å². The van der Waals surface area contributed by atoms with E-state index in [2.05, 4.69) is 10.5 Å². The number of nitrogens with zero attached hydrogens (tertiary/aromatic N) is 1. The van der Waals surface area contributed by atoms with Crippen molar-refractivity contribution in [3.63, 3.8) is 0 Å². The molecule has 58 valence electrons. The molecule has 0 atom stereocenters. The van der Waals surface area contributed by atoms with Gasteiger partial charge in [0.2, 0.25) is 0 Å². The summed E-state index contributed by atoms with van der Waals surface area (Å²) >= 11 is 0. The molecule has 0 aliphatic heterocycles. The third-order valence-electron chi connectivity index (χ3n) is 2.14. The van der Waals surface area contributed by atoms with Crippen LogP contribution in [0.3, 0.4) is 0 Å². The first-order valence-corrected chi connectivity index (χ1v) is 3.88. The molecule has 0 unspecified atom stereocenters. The molecule has 0 amide bonds. The first kappa shape index (κ1) is 5.89. The Labute approximate surface area is 69.0 Å². The molecule has 0 spiro atoms. The quantitative estimate of drug-likeness (QED) is 0.490. The fourth-order valence-corrected chi connectivity index (χ4v) is 1.56. The fourth-order valence-electron chi connectivity index (χ4n) is 1.56. The highest BCUT2D eigenvalue weighted by Crippen LogP contribution is 2.20. The highest BCUT2D eigenvalue weighted by atomic mass is 16.3. The molecule has 3 aromatic rings. The molecule has 0 aromatic carbocycles. The smallest absolute Gasteiger partial charge is 0.137 e. The van der Waals surface area contributed by atoms with Crippen molar-refractivity contribution in [3.8, 4) is 0 Å². The maximum absolute atomic E-state index is 5.28. The van der Waals surface area contributed by atoms with Gasteiger partial charge in [0.15, 0.2) is 0 Å². The van der Waals surface area contributed by atoms with Crippen molar-refractivity contribution in [2.75, 3.05) is 0 Å². The van der Waals surface area contributed by atoms with Crippen LogP contribution in [-0.2, 0) is 0 Å². The molecular formula is C10H7NO. The van der Waals surface area contributed by atoms with Gasteiger partial charge >= 0.3 is 0 Å². The molecule has 2 heteroatoms. The Morgan fingerprint density at radius 2 is 2.08 bits per heavy atom. The summed E-state index contributed by atoms with van der Waals surface area (Å²) < 4.78 is 7.36. The van der Waals surface area contributed by atoms with Crippen LogP contribution in [0.5, 0.6) is 0 Å². The fraction of sp³-hybridized carbons (Fsp3) is 0. The number of pyridine rings is 1. The Kier molecular flexibility index (Phi) is 0.939. The molecule has 0 fully saturated rings. The lowest BCUT2D eigenvalue weighted by Crippen LogP contribution is -1.78. The van der Waals surface area contributed by atoms with Gasteiger partial charge in [-0.25, -0.2) is 0 Å². The van der Waals surface area contributed by atoms with Gasteiger partial charge in [-0.2, -0.15) is 0 Å². The van der Waals surface area contributed by atoms with E-state index in [9.17, 15) is 0 Å². The van der Waals surface area contributed by atoms with Gasteiger partial charge in [-0.05, 0) is 24.3 Å². The van der Waals surface area contributed by atoms with Gasteiger partial charge < -0.3 is 8.82 Å². The molecule has 2 nitrogen and oxygen atoms in total. The summed E-state index contributed by atoms with van der Waals surface area (Å²) in [6.07, 6.45) is 5.75. The summed E-state index contributed by atoms with van der Waals surface area (Å²) in [7, 11) is 0. The molecule has 0 radical (unpaired) electrons. The van der Waals surface area contributed by atoms with Gasteiger partial charge in [-0.15, -0.1) is 0 Å². The largest absolute Gasteiger partial charge is 0.464 e. The van der Waals surface area contributed by atoms with E-state index >= 15 is 0 Å². The lowest BCUT2D eigenvalue weighted by atomic mass is 10.3. The van der Waals surface area contributed by atoms with E-state index in [1.807, 2.05) is 30.6 Å². The van der Waals surface area contributed by atoms with Gasteiger partial charge in [0.05, 0.1) is 11.8 Å². The number of rotatable bonds is 0. The molecule has 0 N–H and O–H groups in total. The summed E-state index contributed by atoms with van der Waals surface area (Å²) in [5.41, 5.74) is 2.14. The summed E-state index contributed by atoms with van der Waals surface area (Å²) in [6, 6.07) is 8.08. The van der Waals surface area contributed by atoms with Crippen LogP contribution in [0.2, 0.25) is 0 Å². The first-order chi connectivity index (χ1) is 5.95. The van der Waals surface area contributed by atoms with Crippen molar-refractivity contribution in [1.82, 2.24) is 4.40 Å². The summed E-state index contributed by atoms with van der Waals surface area (Å²) in [5.74, 6) is 0. The zero-order chi connectivity index (χ0) is 7.97. The average molecular weight is 157 g/mol. The highest BCUT2D eigenvalue weighted by molar-refractivity contribution is 5.92. The molecule has 3 heterocycles. The van der Waals surface area contributed by atoms with Crippen LogP contribution in [0.25, 0.3) is 16.5 Å². The molecule has 0 bridgehead atoms. The normalized spacial score (nSPS) is 11.3. The molecular weight excluding hydrogens is 150 g/mol. The second-order valence-corrected chi connectivity index (χ2v) is 2.81. The predicted molar refractivity (Wildman–Crippen MR) is 47.2 cm³/mol. The van der Waals surface area contributed by atoms with Gasteiger partial charge in [-0.3, -0.25) is 0 Å². The molecule has 0 saturated heterocycles. The summed E-state index contributed by atoms with van der Waals surface area (Å²) in [5, 5.41) is 1.17. The standard InChI is InChI=1S/C10H7NO/c1-2-9-8-4-7-12-10(8)3-6-11(9)5-1/h1-7H. The molecule has 3 aromatic heterocycles. The number of hydrogen-bond acceptors (Lipinski definition) is 1. The van der Waals surface area contributed by atoms with Crippen molar-refractivity contribution in [3.05, 3.63) is 42.9 Å². The van der Waals surface area contributed by atoms with E-state index in [0.717, 1.165) is 5.58 Å². The summed E-state index contributed by atoms with van der Waals surface area (Å²) in [6.45, 7) is 0. The Morgan fingerprint density at radius 1 is 1.08 bits per heavy atom. The van der Waals surface area contributed by atoms with Crippen molar-refractivity contribution in [2.45, 2.75) is 0 Å². The Bertz CT molecular complexity index is 483. The molecule has 0 aliphatic carbocycles. The molecule has 0 aliphatic rings. The maximum atomic E-state index is 5.28. The van der Waals surface area contributed by atoms with Crippen LogP contribution >= 0.6 is 0 Å². The van der Waals surface area contributed by atoms with Crippen LogP contribution in [-0.4, -0.2) is 4.40 Å². The minimum absolute atomic E-state index is 0.946. The summed E-state index contributed by atoms with van der Waals surface area (Å²) in [4.78, 5) is 0. The Morgan fingerprint density at radius 3 is 3.08 bits per heavy atom. The SMILES string of the molecule is c1cc2c3ccoc3ccn2c1. The second-order valence-electron chi connectivity index (χ2n) is 2.81. The van der Waals surface area contributed by atoms with E-state index in [0.29, 0.717) is 0 Å². The zero-order valence-electron chi connectivity index (χ0n) is 6.40. The number of fused-ring (bicyclic) bond motifs is 3. The van der Waals surface area contributed by atoms with Crippen LogP contribution in [0.1, 0.15) is 0 Å². The monoisotopic (exact) mass is 157 g/mol. The van der Waals surface area contributed by atoms with Gasteiger partial charge in [0.25, 0.3) is 0 Å². The number of furan rings is 1. The van der Waals surface area contributed by atoms with E-state index in [-0.39, 0.29) is 0 Å². The minimum atomic E-state index is 0.946. The van der Waals surface area contributed by atoms with Crippen molar-refractivity contribution >= 4 is 16.5 Å². The average Bonchev–Trinajstić information content (AvgIpc) is 2.71. The van der Waals surface area contributed by atoms with Crippen molar-refractivity contribution < 1.29 is 4.42 Å². The van der Waals surface area contributed by atoms with Gasteiger partial charge in [0, 0.05) is 17.8 Å². The predicted octanol–water partition coefficient (Wildman–Crippen LogP) is 2.69. The first-order valence-electron chi connectivity index (χ1n) is 3.88. The third-order valence-corrected chi connectivity index (χ3v) is 2.14. The van der Waals surface area contributed by atoms with E-state index in [1.165, 1.54) is 10.9 Å². The Balaban J connectivity index is 2.71. The zero-order valence-corrected chi connectivity index (χ0v) is 6.40.